The number of benzene rings is 1. The van der Waals surface area contributed by atoms with Crippen molar-refractivity contribution in [2.75, 3.05) is 0 Å². The molecule has 0 saturated carbocycles. The number of rotatable bonds is 0. The van der Waals surface area contributed by atoms with Gasteiger partial charge in [-0.05, 0) is 29.7 Å². The molecule has 0 amide bonds. The molecule has 0 fully saturated rings. The number of hydrogen-bond acceptors (Lipinski definition) is 2. The Balaban J connectivity index is 0.000000245. The predicted octanol–water partition coefficient (Wildman–Crippen LogP) is 0.717. The zero-order valence-corrected chi connectivity index (χ0v) is 8.75. The number of thiocarbonyl (C=S) groups is 1. The van der Waals surface area contributed by atoms with Crippen molar-refractivity contribution >= 4 is 28.2 Å². The van der Waals surface area contributed by atoms with Crippen molar-refractivity contribution in [2.24, 2.45) is 11.5 Å². The highest BCUT2D eigenvalue weighted by atomic mass is 32.1. The topological polar surface area (TPSA) is 84.9 Å². The summed E-state index contributed by atoms with van der Waals surface area (Å²) in [4.78, 5) is 13.6. The van der Waals surface area contributed by atoms with E-state index < -0.39 is 0 Å². The zero-order chi connectivity index (χ0) is 11.3. The Hall–Kier alpha value is -1.88. The van der Waals surface area contributed by atoms with Crippen molar-refractivity contribution in [3.8, 4) is 0 Å². The standard InChI is InChI=1S/C9H7NO.CH4N2S/c11-9-6-5-7-3-1-2-4-8(7)10-9;2-1(3)4/h1-6H,(H,10,11);(H4,2,3,4). The fourth-order valence-electron chi connectivity index (χ4n) is 1.10. The lowest BCUT2D eigenvalue weighted by Crippen LogP contribution is -2.18. The van der Waals surface area contributed by atoms with Crippen LogP contribution in [0.15, 0.2) is 41.2 Å². The summed E-state index contributed by atoms with van der Waals surface area (Å²) in [6.07, 6.45) is 0. The molecule has 5 heteroatoms. The van der Waals surface area contributed by atoms with E-state index in [1.807, 2.05) is 30.3 Å². The van der Waals surface area contributed by atoms with Crippen LogP contribution in [0, 0.1) is 0 Å². The molecule has 5 N–H and O–H groups in total. The monoisotopic (exact) mass is 221 g/mol. The molecule has 1 aromatic heterocycles. The minimum atomic E-state index is -0.0521. The summed E-state index contributed by atoms with van der Waals surface area (Å²) >= 11 is 4.09. The normalized spacial score (nSPS) is 9.07. The second-order valence-corrected chi connectivity index (χ2v) is 3.28. The Labute approximate surface area is 91.9 Å². The average Bonchev–Trinajstić information content (AvgIpc) is 2.16. The Bertz CT molecular complexity index is 517. The van der Waals surface area contributed by atoms with Gasteiger partial charge in [0.15, 0.2) is 5.11 Å². The SMILES string of the molecule is NC(N)=S.O=c1ccc2ccccc2[nH]1. The van der Waals surface area contributed by atoms with Crippen molar-refractivity contribution in [1.29, 1.82) is 0 Å². The van der Waals surface area contributed by atoms with Crippen LogP contribution in [0.4, 0.5) is 0 Å². The molecule has 0 saturated heterocycles. The molecule has 0 aliphatic heterocycles. The Morgan fingerprint density at radius 3 is 2.40 bits per heavy atom. The molecule has 1 aromatic carbocycles. The highest BCUT2D eigenvalue weighted by molar-refractivity contribution is 7.80. The van der Waals surface area contributed by atoms with Crippen molar-refractivity contribution in [2.45, 2.75) is 0 Å². The molecule has 0 atom stereocenters. The van der Waals surface area contributed by atoms with Gasteiger partial charge in [0.05, 0.1) is 0 Å². The first-order chi connectivity index (χ1) is 7.09. The van der Waals surface area contributed by atoms with Crippen molar-refractivity contribution in [3.05, 3.63) is 46.8 Å². The van der Waals surface area contributed by atoms with E-state index in [0.29, 0.717) is 0 Å². The maximum Gasteiger partial charge on any atom is 0.248 e. The Morgan fingerprint density at radius 1 is 1.13 bits per heavy atom. The summed E-state index contributed by atoms with van der Waals surface area (Å²) < 4.78 is 0. The maximum atomic E-state index is 10.8. The van der Waals surface area contributed by atoms with Gasteiger partial charge in [-0.15, -0.1) is 0 Å². The van der Waals surface area contributed by atoms with E-state index in [-0.39, 0.29) is 10.7 Å². The van der Waals surface area contributed by atoms with Crippen LogP contribution in [-0.4, -0.2) is 10.1 Å². The van der Waals surface area contributed by atoms with Crippen LogP contribution in [0.25, 0.3) is 10.9 Å². The van der Waals surface area contributed by atoms with E-state index in [2.05, 4.69) is 28.7 Å². The molecule has 0 unspecified atom stereocenters. The third-order valence-electron chi connectivity index (χ3n) is 1.63. The van der Waals surface area contributed by atoms with Crippen molar-refractivity contribution < 1.29 is 0 Å². The minimum Gasteiger partial charge on any atom is -0.377 e. The van der Waals surface area contributed by atoms with Crippen LogP contribution in [0.3, 0.4) is 0 Å². The number of para-hydroxylation sites is 1. The summed E-state index contributed by atoms with van der Waals surface area (Å²) in [5.41, 5.74) is 10.1. The lowest BCUT2D eigenvalue weighted by atomic mass is 10.2. The molecule has 15 heavy (non-hydrogen) atoms. The van der Waals surface area contributed by atoms with E-state index in [0.717, 1.165) is 10.9 Å². The average molecular weight is 221 g/mol. The molecule has 0 aliphatic rings. The summed E-state index contributed by atoms with van der Waals surface area (Å²) in [6, 6.07) is 11.0. The van der Waals surface area contributed by atoms with Crippen molar-refractivity contribution in [3.63, 3.8) is 0 Å². The van der Waals surface area contributed by atoms with Crippen LogP contribution in [0.2, 0.25) is 0 Å². The number of aromatic nitrogens is 1. The number of fused-ring (bicyclic) bond motifs is 1. The van der Waals surface area contributed by atoms with Gasteiger partial charge in [-0.3, -0.25) is 4.79 Å². The molecule has 2 aromatic rings. The Kier molecular flexibility index (Phi) is 3.82. The van der Waals surface area contributed by atoms with Gasteiger partial charge in [0.25, 0.3) is 0 Å². The smallest absolute Gasteiger partial charge is 0.248 e. The quantitative estimate of drug-likeness (QED) is 0.572. The van der Waals surface area contributed by atoms with Crippen LogP contribution >= 0.6 is 12.2 Å². The van der Waals surface area contributed by atoms with Gasteiger partial charge < -0.3 is 16.5 Å². The van der Waals surface area contributed by atoms with Gasteiger partial charge in [0.2, 0.25) is 5.56 Å². The van der Waals surface area contributed by atoms with Gasteiger partial charge in [-0.2, -0.15) is 0 Å². The third kappa shape index (κ3) is 3.78. The highest BCUT2D eigenvalue weighted by Crippen LogP contribution is 2.06. The van der Waals surface area contributed by atoms with E-state index in [9.17, 15) is 4.79 Å². The number of aromatic amines is 1. The molecule has 0 bridgehead atoms. The molecule has 2 rings (SSSR count). The summed E-state index contributed by atoms with van der Waals surface area (Å²) in [7, 11) is 0. The molecular formula is C10H11N3OS. The largest absolute Gasteiger partial charge is 0.377 e. The molecule has 1 heterocycles. The minimum absolute atomic E-state index is 0.000000000000000222. The Morgan fingerprint density at radius 2 is 1.73 bits per heavy atom. The van der Waals surface area contributed by atoms with Gasteiger partial charge in [0.1, 0.15) is 0 Å². The van der Waals surface area contributed by atoms with Crippen LogP contribution in [0.1, 0.15) is 0 Å². The van der Waals surface area contributed by atoms with E-state index in [1.54, 1.807) is 0 Å². The summed E-state index contributed by atoms with van der Waals surface area (Å²) in [5.74, 6) is 0. The predicted molar refractivity (Wildman–Crippen MR) is 65.5 cm³/mol. The van der Waals surface area contributed by atoms with Gasteiger partial charge in [0, 0.05) is 11.6 Å². The van der Waals surface area contributed by atoms with E-state index in [1.165, 1.54) is 6.07 Å². The fourth-order valence-corrected chi connectivity index (χ4v) is 1.10. The maximum absolute atomic E-state index is 10.8. The van der Waals surface area contributed by atoms with Crippen LogP contribution in [-0.2, 0) is 0 Å². The lowest BCUT2D eigenvalue weighted by Gasteiger charge is -1.93. The van der Waals surface area contributed by atoms with Gasteiger partial charge in [-0.1, -0.05) is 18.2 Å². The molecular weight excluding hydrogens is 210 g/mol. The van der Waals surface area contributed by atoms with Gasteiger partial charge >= 0.3 is 0 Å². The summed E-state index contributed by atoms with van der Waals surface area (Å²) in [6.45, 7) is 0. The number of pyridine rings is 1. The molecule has 0 radical (unpaired) electrons. The number of nitrogens with one attached hydrogen (secondary N) is 1. The van der Waals surface area contributed by atoms with Crippen LogP contribution < -0.4 is 17.0 Å². The number of H-pyrrole nitrogens is 1. The third-order valence-corrected chi connectivity index (χ3v) is 1.63. The van der Waals surface area contributed by atoms with E-state index >= 15 is 0 Å². The molecule has 4 nitrogen and oxygen atoms in total. The van der Waals surface area contributed by atoms with Crippen molar-refractivity contribution in [1.82, 2.24) is 4.98 Å². The fraction of sp³-hybridized carbons (Fsp3) is 0. The number of nitrogens with two attached hydrogens (primary N) is 2. The van der Waals surface area contributed by atoms with Crippen LogP contribution in [0.5, 0.6) is 0 Å². The molecule has 0 aliphatic carbocycles. The van der Waals surface area contributed by atoms with Gasteiger partial charge in [-0.25, -0.2) is 0 Å². The summed E-state index contributed by atoms with van der Waals surface area (Å²) in [5, 5.41) is 1.06. The number of hydrogen-bond donors (Lipinski definition) is 3. The second kappa shape index (κ2) is 5.11. The highest BCUT2D eigenvalue weighted by Gasteiger charge is 1.89. The van der Waals surface area contributed by atoms with E-state index in [4.69, 9.17) is 0 Å². The zero-order valence-electron chi connectivity index (χ0n) is 7.94. The first-order valence-electron chi connectivity index (χ1n) is 4.22. The first kappa shape index (κ1) is 11.2. The second-order valence-electron chi connectivity index (χ2n) is 2.81. The molecule has 78 valence electrons. The molecule has 0 spiro atoms. The first-order valence-corrected chi connectivity index (χ1v) is 4.63. The lowest BCUT2D eigenvalue weighted by molar-refractivity contribution is 1.31.